The summed E-state index contributed by atoms with van der Waals surface area (Å²) in [6, 6.07) is 22.5. The predicted octanol–water partition coefficient (Wildman–Crippen LogP) is 8.24. The van der Waals surface area contributed by atoms with Gasteiger partial charge in [0.1, 0.15) is 5.82 Å². The first kappa shape index (κ1) is 20.3. The molecular formula is C27H31F. The van der Waals surface area contributed by atoms with Crippen molar-refractivity contribution in [1.29, 1.82) is 0 Å². The molecule has 0 aliphatic rings. The molecule has 0 radical (unpaired) electrons. The van der Waals surface area contributed by atoms with Crippen LogP contribution in [0.5, 0.6) is 0 Å². The van der Waals surface area contributed by atoms with Crippen LogP contribution in [0.1, 0.15) is 57.1 Å². The molecule has 0 heterocycles. The predicted molar refractivity (Wildman–Crippen MR) is 119 cm³/mol. The maximum Gasteiger partial charge on any atom is 0.131 e. The fourth-order valence-corrected chi connectivity index (χ4v) is 3.60. The quantitative estimate of drug-likeness (QED) is 0.331. The summed E-state index contributed by atoms with van der Waals surface area (Å²) in [6.45, 7) is 4.42. The maximum absolute atomic E-state index is 14.8. The third-order valence-corrected chi connectivity index (χ3v) is 5.41. The van der Waals surface area contributed by atoms with Crippen molar-refractivity contribution >= 4 is 0 Å². The molecule has 0 bridgehead atoms. The van der Waals surface area contributed by atoms with E-state index in [9.17, 15) is 4.39 Å². The molecule has 28 heavy (non-hydrogen) atoms. The Morgan fingerprint density at radius 1 is 0.571 bits per heavy atom. The highest BCUT2D eigenvalue weighted by Gasteiger charge is 2.08. The molecule has 0 saturated heterocycles. The molecule has 1 heteroatoms. The van der Waals surface area contributed by atoms with Crippen LogP contribution in [-0.4, -0.2) is 0 Å². The summed E-state index contributed by atoms with van der Waals surface area (Å²) in [5.74, 6) is -0.161. The van der Waals surface area contributed by atoms with Crippen LogP contribution in [0.3, 0.4) is 0 Å². The van der Waals surface area contributed by atoms with Crippen molar-refractivity contribution < 1.29 is 4.39 Å². The number of unbranched alkanes of at least 4 members (excludes halogenated alkanes) is 3. The Hall–Kier alpha value is -2.41. The van der Waals surface area contributed by atoms with E-state index in [1.807, 2.05) is 24.3 Å². The Labute approximate surface area is 169 Å². The van der Waals surface area contributed by atoms with E-state index < -0.39 is 0 Å². The lowest BCUT2D eigenvalue weighted by molar-refractivity contribution is 0.632. The molecular weight excluding hydrogens is 343 g/mol. The van der Waals surface area contributed by atoms with Crippen molar-refractivity contribution in [1.82, 2.24) is 0 Å². The molecule has 0 nitrogen and oxygen atoms in total. The van der Waals surface area contributed by atoms with E-state index in [0.29, 0.717) is 5.56 Å². The van der Waals surface area contributed by atoms with Gasteiger partial charge in [-0.3, -0.25) is 0 Å². The minimum absolute atomic E-state index is 0.161. The van der Waals surface area contributed by atoms with Crippen molar-refractivity contribution in [3.8, 4) is 22.3 Å². The summed E-state index contributed by atoms with van der Waals surface area (Å²) in [4.78, 5) is 0. The second-order valence-electron chi connectivity index (χ2n) is 7.65. The Bertz CT molecular complexity index is 860. The Kier molecular flexibility index (Phi) is 7.42. The minimum Gasteiger partial charge on any atom is -0.206 e. The molecule has 0 atom stereocenters. The van der Waals surface area contributed by atoms with Gasteiger partial charge < -0.3 is 0 Å². The molecule has 0 aromatic heterocycles. The van der Waals surface area contributed by atoms with E-state index in [4.69, 9.17) is 0 Å². The van der Waals surface area contributed by atoms with Gasteiger partial charge in [0, 0.05) is 5.56 Å². The highest BCUT2D eigenvalue weighted by Crippen LogP contribution is 2.29. The molecule has 0 aliphatic carbocycles. The van der Waals surface area contributed by atoms with Crippen molar-refractivity contribution in [3.05, 3.63) is 83.7 Å². The molecule has 0 saturated carbocycles. The Morgan fingerprint density at radius 2 is 1.11 bits per heavy atom. The van der Waals surface area contributed by atoms with Crippen LogP contribution in [0.25, 0.3) is 22.3 Å². The standard InChI is InChI=1S/C27H31F/c1-3-5-7-9-22-10-14-23(15-11-22)25-18-19-26(27(28)20-25)24-16-12-21(13-17-24)8-6-4-2/h10-20H,3-9H2,1-2H3. The van der Waals surface area contributed by atoms with Gasteiger partial charge in [0.15, 0.2) is 0 Å². The Balaban J connectivity index is 1.73. The highest BCUT2D eigenvalue weighted by atomic mass is 19.1. The molecule has 146 valence electrons. The van der Waals surface area contributed by atoms with E-state index in [1.54, 1.807) is 6.07 Å². The largest absolute Gasteiger partial charge is 0.206 e. The van der Waals surface area contributed by atoms with Gasteiger partial charge in [-0.25, -0.2) is 4.39 Å². The molecule has 0 aliphatic heterocycles. The third kappa shape index (κ3) is 5.32. The number of aryl methyl sites for hydroxylation is 2. The van der Waals surface area contributed by atoms with Crippen molar-refractivity contribution in [2.75, 3.05) is 0 Å². The van der Waals surface area contributed by atoms with Crippen molar-refractivity contribution in [3.63, 3.8) is 0 Å². The lowest BCUT2D eigenvalue weighted by atomic mass is 9.97. The van der Waals surface area contributed by atoms with E-state index in [-0.39, 0.29) is 5.82 Å². The molecule has 0 spiro atoms. The van der Waals surface area contributed by atoms with E-state index in [0.717, 1.165) is 29.5 Å². The van der Waals surface area contributed by atoms with Crippen LogP contribution in [0.4, 0.5) is 4.39 Å². The monoisotopic (exact) mass is 374 g/mol. The maximum atomic E-state index is 14.8. The first-order valence-electron chi connectivity index (χ1n) is 10.7. The summed E-state index contributed by atoms with van der Waals surface area (Å²) in [6.07, 6.45) is 8.34. The lowest BCUT2D eigenvalue weighted by Gasteiger charge is -2.09. The normalized spacial score (nSPS) is 11.0. The van der Waals surface area contributed by atoms with Crippen LogP contribution in [-0.2, 0) is 12.8 Å². The smallest absolute Gasteiger partial charge is 0.131 e. The summed E-state index contributed by atoms with van der Waals surface area (Å²) in [7, 11) is 0. The summed E-state index contributed by atoms with van der Waals surface area (Å²) in [5.41, 5.74) is 6.29. The second-order valence-corrected chi connectivity index (χ2v) is 7.65. The van der Waals surface area contributed by atoms with Crippen LogP contribution >= 0.6 is 0 Å². The second kappa shape index (κ2) is 10.2. The zero-order valence-electron chi connectivity index (χ0n) is 17.2. The topological polar surface area (TPSA) is 0 Å². The van der Waals surface area contributed by atoms with Gasteiger partial charge in [0.05, 0.1) is 0 Å². The van der Waals surface area contributed by atoms with E-state index >= 15 is 0 Å². The van der Waals surface area contributed by atoms with Crippen LogP contribution in [0, 0.1) is 5.82 Å². The number of rotatable bonds is 9. The van der Waals surface area contributed by atoms with Crippen LogP contribution in [0.2, 0.25) is 0 Å². The fourth-order valence-electron chi connectivity index (χ4n) is 3.60. The summed E-state index contributed by atoms with van der Waals surface area (Å²) < 4.78 is 14.8. The zero-order chi connectivity index (χ0) is 19.8. The van der Waals surface area contributed by atoms with E-state index in [1.165, 1.54) is 43.2 Å². The van der Waals surface area contributed by atoms with Gasteiger partial charge in [0.25, 0.3) is 0 Å². The molecule has 0 unspecified atom stereocenters. The minimum atomic E-state index is -0.161. The average Bonchev–Trinajstić information content (AvgIpc) is 2.73. The lowest BCUT2D eigenvalue weighted by Crippen LogP contribution is -1.89. The molecule has 3 aromatic carbocycles. The summed E-state index contributed by atoms with van der Waals surface area (Å²) in [5, 5.41) is 0. The van der Waals surface area contributed by atoms with Crippen molar-refractivity contribution in [2.24, 2.45) is 0 Å². The molecule has 3 aromatic rings. The molecule has 0 N–H and O–H groups in total. The van der Waals surface area contributed by atoms with E-state index in [2.05, 4.69) is 50.2 Å². The first-order chi connectivity index (χ1) is 13.7. The highest BCUT2D eigenvalue weighted by molar-refractivity contribution is 5.71. The van der Waals surface area contributed by atoms with Gasteiger partial charge in [-0.05, 0) is 59.6 Å². The third-order valence-electron chi connectivity index (χ3n) is 5.41. The van der Waals surface area contributed by atoms with Crippen LogP contribution < -0.4 is 0 Å². The van der Waals surface area contributed by atoms with Gasteiger partial charge >= 0.3 is 0 Å². The van der Waals surface area contributed by atoms with Gasteiger partial charge in [-0.15, -0.1) is 0 Å². The van der Waals surface area contributed by atoms with Crippen molar-refractivity contribution in [2.45, 2.75) is 58.8 Å². The zero-order valence-corrected chi connectivity index (χ0v) is 17.2. The molecule has 0 amide bonds. The summed E-state index contributed by atoms with van der Waals surface area (Å²) >= 11 is 0. The molecule has 0 fully saturated rings. The fraction of sp³-hybridized carbons (Fsp3) is 0.333. The first-order valence-corrected chi connectivity index (χ1v) is 10.7. The average molecular weight is 375 g/mol. The SMILES string of the molecule is CCCCCc1ccc(-c2ccc(-c3ccc(CCCC)cc3)c(F)c2)cc1. The number of halogens is 1. The number of benzene rings is 3. The van der Waals surface area contributed by atoms with Crippen LogP contribution in [0.15, 0.2) is 66.7 Å². The van der Waals surface area contributed by atoms with Gasteiger partial charge in [-0.1, -0.05) is 93.8 Å². The Morgan fingerprint density at radius 3 is 1.68 bits per heavy atom. The number of hydrogen-bond donors (Lipinski definition) is 0. The van der Waals surface area contributed by atoms with Gasteiger partial charge in [0.2, 0.25) is 0 Å². The molecule has 3 rings (SSSR count). The van der Waals surface area contributed by atoms with Gasteiger partial charge in [-0.2, -0.15) is 0 Å². The number of hydrogen-bond acceptors (Lipinski definition) is 0.